The minimum absolute atomic E-state index is 0.104. The van der Waals surface area contributed by atoms with E-state index in [2.05, 4.69) is 20.4 Å². The van der Waals surface area contributed by atoms with Gasteiger partial charge < -0.3 is 10.2 Å². The van der Waals surface area contributed by atoms with Crippen molar-refractivity contribution in [3.63, 3.8) is 0 Å². The zero-order chi connectivity index (χ0) is 20.4. The highest BCUT2D eigenvalue weighted by Crippen LogP contribution is 2.25. The van der Waals surface area contributed by atoms with Crippen molar-refractivity contribution in [2.24, 2.45) is 0 Å². The SMILES string of the molecule is Cc1cc(Nc2cc(C(F)F)ccn2)nc(-c2cnn(CN3CCCC3=O)c2)c1. The van der Waals surface area contributed by atoms with Gasteiger partial charge in [-0.15, -0.1) is 0 Å². The van der Waals surface area contributed by atoms with Gasteiger partial charge in [0.2, 0.25) is 5.91 Å². The van der Waals surface area contributed by atoms with Crippen LogP contribution in [0.2, 0.25) is 0 Å². The van der Waals surface area contributed by atoms with Crippen LogP contribution in [0.3, 0.4) is 0 Å². The number of carbonyl (C=O) groups is 1. The first kappa shape index (κ1) is 19.0. The molecule has 0 radical (unpaired) electrons. The Hall–Kier alpha value is -3.36. The van der Waals surface area contributed by atoms with Crippen LogP contribution in [0.5, 0.6) is 0 Å². The lowest BCUT2D eigenvalue weighted by Crippen LogP contribution is -2.27. The maximum atomic E-state index is 12.9. The lowest BCUT2D eigenvalue weighted by atomic mass is 10.2. The van der Waals surface area contributed by atoms with Gasteiger partial charge in [0.15, 0.2) is 0 Å². The molecular formula is C20H20F2N6O. The molecule has 1 amide bonds. The highest BCUT2D eigenvalue weighted by atomic mass is 19.3. The predicted octanol–water partition coefficient (Wildman–Crippen LogP) is 3.91. The molecule has 4 heterocycles. The number of alkyl halides is 2. The van der Waals surface area contributed by atoms with Gasteiger partial charge in [-0.3, -0.25) is 9.48 Å². The number of hydrogen-bond donors (Lipinski definition) is 1. The predicted molar refractivity (Wildman–Crippen MR) is 104 cm³/mol. The summed E-state index contributed by atoms with van der Waals surface area (Å²) >= 11 is 0. The minimum Gasteiger partial charge on any atom is -0.325 e. The van der Waals surface area contributed by atoms with Gasteiger partial charge in [0.25, 0.3) is 6.43 Å². The molecule has 0 unspecified atom stereocenters. The topological polar surface area (TPSA) is 75.9 Å². The van der Waals surface area contributed by atoms with E-state index in [4.69, 9.17) is 0 Å². The number of pyridine rings is 2. The average Bonchev–Trinajstić information content (AvgIpc) is 3.31. The van der Waals surface area contributed by atoms with Crippen molar-refractivity contribution >= 4 is 17.5 Å². The molecule has 4 rings (SSSR count). The molecule has 0 aliphatic carbocycles. The molecule has 1 N–H and O–H groups in total. The van der Waals surface area contributed by atoms with E-state index in [1.54, 1.807) is 15.8 Å². The van der Waals surface area contributed by atoms with E-state index < -0.39 is 6.43 Å². The van der Waals surface area contributed by atoms with Gasteiger partial charge in [-0.25, -0.2) is 18.7 Å². The van der Waals surface area contributed by atoms with Crippen LogP contribution in [-0.2, 0) is 11.5 Å². The first-order chi connectivity index (χ1) is 14.0. The van der Waals surface area contributed by atoms with Crippen molar-refractivity contribution in [3.8, 4) is 11.3 Å². The van der Waals surface area contributed by atoms with E-state index >= 15 is 0 Å². The third kappa shape index (κ3) is 4.39. The number of hydrogen-bond acceptors (Lipinski definition) is 5. The van der Waals surface area contributed by atoms with Crippen LogP contribution in [0.15, 0.2) is 42.9 Å². The highest BCUT2D eigenvalue weighted by Gasteiger charge is 2.20. The number of halogens is 2. The van der Waals surface area contributed by atoms with E-state index in [0.29, 0.717) is 30.4 Å². The van der Waals surface area contributed by atoms with Crippen LogP contribution in [0.1, 0.15) is 30.4 Å². The number of aryl methyl sites for hydroxylation is 1. The molecule has 1 saturated heterocycles. The van der Waals surface area contributed by atoms with Crippen molar-refractivity contribution in [1.29, 1.82) is 0 Å². The summed E-state index contributed by atoms with van der Waals surface area (Å²) in [7, 11) is 0. The largest absolute Gasteiger partial charge is 0.325 e. The van der Waals surface area contributed by atoms with E-state index in [1.165, 1.54) is 18.3 Å². The molecular weight excluding hydrogens is 378 g/mol. The molecule has 0 atom stereocenters. The van der Waals surface area contributed by atoms with Gasteiger partial charge in [0, 0.05) is 36.5 Å². The fourth-order valence-corrected chi connectivity index (χ4v) is 3.26. The third-order valence-corrected chi connectivity index (χ3v) is 4.68. The van der Waals surface area contributed by atoms with Gasteiger partial charge in [0.1, 0.15) is 18.3 Å². The number of amides is 1. The number of likely N-dealkylation sites (tertiary alicyclic amines) is 1. The first-order valence-electron chi connectivity index (χ1n) is 9.28. The van der Waals surface area contributed by atoms with Gasteiger partial charge in [0.05, 0.1) is 11.9 Å². The van der Waals surface area contributed by atoms with Crippen LogP contribution < -0.4 is 5.32 Å². The summed E-state index contributed by atoms with van der Waals surface area (Å²) < 4.78 is 27.5. The monoisotopic (exact) mass is 398 g/mol. The van der Waals surface area contributed by atoms with Crippen molar-refractivity contribution in [2.75, 3.05) is 11.9 Å². The van der Waals surface area contributed by atoms with Gasteiger partial charge in [-0.05, 0) is 43.2 Å². The summed E-state index contributed by atoms with van der Waals surface area (Å²) in [6.45, 7) is 3.09. The molecule has 0 spiro atoms. The molecule has 1 aliphatic rings. The number of aromatic nitrogens is 4. The highest BCUT2D eigenvalue weighted by molar-refractivity contribution is 5.77. The van der Waals surface area contributed by atoms with Crippen LogP contribution in [0, 0.1) is 6.92 Å². The minimum atomic E-state index is -2.56. The van der Waals surface area contributed by atoms with Crippen molar-refractivity contribution in [3.05, 3.63) is 54.0 Å². The van der Waals surface area contributed by atoms with E-state index in [9.17, 15) is 13.6 Å². The Balaban J connectivity index is 1.54. The average molecular weight is 398 g/mol. The summed E-state index contributed by atoms with van der Waals surface area (Å²) in [5.74, 6) is 0.942. The molecule has 3 aromatic rings. The Morgan fingerprint density at radius 3 is 2.86 bits per heavy atom. The number of carbonyl (C=O) groups excluding carboxylic acids is 1. The van der Waals surface area contributed by atoms with Gasteiger partial charge >= 0.3 is 0 Å². The first-order valence-corrected chi connectivity index (χ1v) is 9.28. The van der Waals surface area contributed by atoms with Crippen LogP contribution in [0.4, 0.5) is 20.4 Å². The molecule has 9 heteroatoms. The molecule has 150 valence electrons. The van der Waals surface area contributed by atoms with Gasteiger partial charge in [-0.2, -0.15) is 5.10 Å². The maximum Gasteiger partial charge on any atom is 0.264 e. The molecule has 0 aromatic carbocycles. The Bertz CT molecular complexity index is 1040. The zero-order valence-electron chi connectivity index (χ0n) is 15.8. The normalized spacial score (nSPS) is 14.1. The molecule has 0 saturated carbocycles. The number of nitrogens with one attached hydrogen (secondary N) is 1. The summed E-state index contributed by atoms with van der Waals surface area (Å²) in [5.41, 5.74) is 2.34. The molecule has 0 bridgehead atoms. The summed E-state index contributed by atoms with van der Waals surface area (Å²) in [6, 6.07) is 6.31. The van der Waals surface area contributed by atoms with E-state index in [0.717, 1.165) is 24.1 Å². The molecule has 1 aliphatic heterocycles. The van der Waals surface area contributed by atoms with Crippen LogP contribution in [-0.4, -0.2) is 37.1 Å². The fourth-order valence-electron chi connectivity index (χ4n) is 3.26. The van der Waals surface area contributed by atoms with Gasteiger partial charge in [-0.1, -0.05) is 0 Å². The van der Waals surface area contributed by atoms with E-state index in [1.807, 2.05) is 25.3 Å². The third-order valence-electron chi connectivity index (χ3n) is 4.68. The maximum absolute atomic E-state index is 12.9. The Morgan fingerprint density at radius 1 is 1.24 bits per heavy atom. The van der Waals surface area contributed by atoms with Crippen molar-refractivity contribution in [1.82, 2.24) is 24.6 Å². The molecule has 29 heavy (non-hydrogen) atoms. The summed E-state index contributed by atoms with van der Waals surface area (Å²) in [5, 5.41) is 7.32. The smallest absolute Gasteiger partial charge is 0.264 e. The molecule has 1 fully saturated rings. The Kier molecular flexibility index (Phi) is 5.20. The standard InChI is InChI=1S/C20H20F2N6O/c1-13-7-16(15-10-24-28(11-15)12-27-6-2-3-19(27)29)25-18(8-13)26-17-9-14(20(21)22)4-5-23-17/h4-5,7-11,20H,2-3,6,12H2,1H3,(H,23,25,26). The second-order valence-corrected chi connectivity index (χ2v) is 6.99. The van der Waals surface area contributed by atoms with Crippen molar-refractivity contribution < 1.29 is 13.6 Å². The lowest BCUT2D eigenvalue weighted by molar-refractivity contribution is -0.129. The number of nitrogens with zero attached hydrogens (tertiary/aromatic N) is 5. The fraction of sp³-hybridized carbons (Fsp3) is 0.300. The molecule has 7 nitrogen and oxygen atoms in total. The van der Waals surface area contributed by atoms with Crippen LogP contribution in [0.25, 0.3) is 11.3 Å². The number of rotatable bonds is 6. The quantitative estimate of drug-likeness (QED) is 0.681. The zero-order valence-corrected chi connectivity index (χ0v) is 15.8. The van der Waals surface area contributed by atoms with Crippen molar-refractivity contribution in [2.45, 2.75) is 32.9 Å². The van der Waals surface area contributed by atoms with Crippen LogP contribution >= 0.6 is 0 Å². The second-order valence-electron chi connectivity index (χ2n) is 6.99. The summed E-state index contributed by atoms with van der Waals surface area (Å²) in [6.07, 6.45) is 3.78. The lowest BCUT2D eigenvalue weighted by Gasteiger charge is -2.14. The Morgan fingerprint density at radius 2 is 2.10 bits per heavy atom. The Labute approximate surface area is 166 Å². The number of anilines is 2. The molecule has 3 aromatic heterocycles. The second kappa shape index (κ2) is 7.94. The van der Waals surface area contributed by atoms with E-state index in [-0.39, 0.29) is 11.5 Å². The summed E-state index contributed by atoms with van der Waals surface area (Å²) in [4.78, 5) is 22.2.